The van der Waals surface area contributed by atoms with Crippen LogP contribution in [0.3, 0.4) is 0 Å². The second-order valence-electron chi connectivity index (χ2n) is 4.49. The Morgan fingerprint density at radius 3 is 1.86 bits per heavy atom. The van der Waals surface area contributed by atoms with Gasteiger partial charge in [0, 0.05) is 12.7 Å². The number of ether oxygens (including phenoxy) is 4. The summed E-state index contributed by atoms with van der Waals surface area (Å²) in [5, 5.41) is 0. The van der Waals surface area contributed by atoms with Gasteiger partial charge < -0.3 is 18.9 Å². The van der Waals surface area contributed by atoms with E-state index in [0.29, 0.717) is 44.2 Å². The Labute approximate surface area is 130 Å². The van der Waals surface area contributed by atoms with Crippen molar-refractivity contribution in [1.29, 1.82) is 0 Å². The van der Waals surface area contributed by atoms with Gasteiger partial charge in [-0.15, -0.1) is 0 Å². The van der Waals surface area contributed by atoms with Gasteiger partial charge in [0.1, 0.15) is 6.61 Å². The van der Waals surface area contributed by atoms with E-state index in [0.717, 1.165) is 0 Å². The Hall–Kier alpha value is -1.76. The van der Waals surface area contributed by atoms with Gasteiger partial charge in [-0.2, -0.15) is 0 Å². The first kappa shape index (κ1) is 18.3. The number of benzene rings is 1. The van der Waals surface area contributed by atoms with Gasteiger partial charge in [0.25, 0.3) is 0 Å². The van der Waals surface area contributed by atoms with Gasteiger partial charge in [0.05, 0.1) is 38.6 Å². The lowest BCUT2D eigenvalue weighted by molar-refractivity contribution is 0.00570. The van der Waals surface area contributed by atoms with Crippen molar-refractivity contribution in [2.75, 3.05) is 46.8 Å². The Kier molecular flexibility index (Phi) is 9.06. The summed E-state index contributed by atoms with van der Waals surface area (Å²) in [4.78, 5) is 22.9. The van der Waals surface area contributed by atoms with Gasteiger partial charge in [0.2, 0.25) is 0 Å². The first-order chi connectivity index (χ1) is 10.6. The molecule has 6 heteroatoms. The molecule has 0 unspecified atom stereocenters. The second kappa shape index (κ2) is 10.9. The third-order valence-corrected chi connectivity index (χ3v) is 2.79. The van der Waals surface area contributed by atoms with Crippen LogP contribution in [0.2, 0.25) is 0 Å². The van der Waals surface area contributed by atoms with Crippen LogP contribution in [0.5, 0.6) is 0 Å². The molecule has 0 saturated carbocycles. The van der Waals surface area contributed by atoms with E-state index in [4.69, 9.17) is 18.9 Å². The minimum Gasteiger partial charge on any atom is -0.460 e. The molecule has 0 aliphatic rings. The van der Waals surface area contributed by atoms with Gasteiger partial charge >= 0.3 is 5.97 Å². The molecule has 0 saturated heterocycles. The SMILES string of the molecule is COCCOCCOCCOC(=O)c1ccc(C(C)=O)cc1. The van der Waals surface area contributed by atoms with Crippen molar-refractivity contribution in [2.45, 2.75) is 6.92 Å². The molecular formula is C16H22O6. The molecule has 0 amide bonds. The lowest BCUT2D eigenvalue weighted by Gasteiger charge is -2.07. The third kappa shape index (κ3) is 7.31. The van der Waals surface area contributed by atoms with Crippen LogP contribution in [-0.4, -0.2) is 58.5 Å². The number of esters is 1. The molecule has 0 radical (unpaired) electrons. The number of carbonyl (C=O) groups excluding carboxylic acids is 2. The fraction of sp³-hybridized carbons (Fsp3) is 0.500. The van der Waals surface area contributed by atoms with E-state index in [9.17, 15) is 9.59 Å². The lowest BCUT2D eigenvalue weighted by Crippen LogP contribution is -2.14. The van der Waals surface area contributed by atoms with Crippen molar-refractivity contribution in [3.05, 3.63) is 35.4 Å². The molecule has 0 aliphatic heterocycles. The van der Waals surface area contributed by atoms with Crippen molar-refractivity contribution >= 4 is 11.8 Å². The zero-order chi connectivity index (χ0) is 16.2. The van der Waals surface area contributed by atoms with Crippen molar-refractivity contribution in [3.63, 3.8) is 0 Å². The van der Waals surface area contributed by atoms with E-state index in [1.165, 1.54) is 6.92 Å². The van der Waals surface area contributed by atoms with Crippen LogP contribution in [0, 0.1) is 0 Å². The van der Waals surface area contributed by atoms with E-state index >= 15 is 0 Å². The molecule has 22 heavy (non-hydrogen) atoms. The monoisotopic (exact) mass is 310 g/mol. The molecule has 0 atom stereocenters. The van der Waals surface area contributed by atoms with Crippen molar-refractivity contribution in [1.82, 2.24) is 0 Å². The number of hydrogen-bond donors (Lipinski definition) is 0. The second-order valence-corrected chi connectivity index (χ2v) is 4.49. The quantitative estimate of drug-likeness (QED) is 0.352. The first-order valence-corrected chi connectivity index (χ1v) is 7.07. The maximum absolute atomic E-state index is 11.7. The largest absolute Gasteiger partial charge is 0.460 e. The molecule has 1 aromatic carbocycles. The van der Waals surface area contributed by atoms with Gasteiger partial charge in [-0.1, -0.05) is 12.1 Å². The van der Waals surface area contributed by atoms with Crippen LogP contribution in [0.15, 0.2) is 24.3 Å². The molecule has 0 fully saturated rings. The van der Waals surface area contributed by atoms with Crippen LogP contribution in [0.25, 0.3) is 0 Å². The standard InChI is InChI=1S/C16H22O6/c1-13(17)14-3-5-15(6-4-14)16(18)22-12-11-21-10-9-20-8-7-19-2/h3-6H,7-12H2,1-2H3. The summed E-state index contributed by atoms with van der Waals surface area (Å²) < 4.78 is 20.4. The summed E-state index contributed by atoms with van der Waals surface area (Å²) in [6, 6.07) is 6.35. The smallest absolute Gasteiger partial charge is 0.338 e. The highest BCUT2D eigenvalue weighted by molar-refractivity contribution is 5.96. The number of hydrogen-bond acceptors (Lipinski definition) is 6. The van der Waals surface area contributed by atoms with Gasteiger partial charge in [-0.3, -0.25) is 4.79 Å². The highest BCUT2D eigenvalue weighted by Gasteiger charge is 2.07. The molecule has 0 spiro atoms. The fourth-order valence-electron chi connectivity index (χ4n) is 1.58. The van der Waals surface area contributed by atoms with Crippen LogP contribution in [0.4, 0.5) is 0 Å². The zero-order valence-corrected chi connectivity index (χ0v) is 13.0. The van der Waals surface area contributed by atoms with Crippen molar-refractivity contribution < 1.29 is 28.5 Å². The molecular weight excluding hydrogens is 288 g/mol. The summed E-state index contributed by atoms with van der Waals surface area (Å²) in [7, 11) is 1.61. The maximum atomic E-state index is 11.7. The summed E-state index contributed by atoms with van der Waals surface area (Å²) in [5.41, 5.74) is 0.973. The number of methoxy groups -OCH3 is 1. The Balaban J connectivity index is 2.12. The topological polar surface area (TPSA) is 71.1 Å². The number of carbonyl (C=O) groups is 2. The predicted octanol–water partition coefficient (Wildman–Crippen LogP) is 1.73. The summed E-state index contributed by atoms with van der Waals surface area (Å²) in [6.07, 6.45) is 0. The van der Waals surface area contributed by atoms with E-state index in [2.05, 4.69) is 0 Å². The minimum atomic E-state index is -0.435. The van der Waals surface area contributed by atoms with Crippen LogP contribution in [-0.2, 0) is 18.9 Å². The molecule has 1 rings (SSSR count). The molecule has 0 aromatic heterocycles. The molecule has 0 N–H and O–H groups in total. The Morgan fingerprint density at radius 1 is 0.818 bits per heavy atom. The summed E-state index contributed by atoms with van der Waals surface area (Å²) in [5.74, 6) is -0.476. The predicted molar refractivity (Wildman–Crippen MR) is 80.2 cm³/mol. The van der Waals surface area contributed by atoms with Crippen molar-refractivity contribution in [3.8, 4) is 0 Å². The van der Waals surface area contributed by atoms with E-state index in [1.54, 1.807) is 31.4 Å². The average Bonchev–Trinajstić information content (AvgIpc) is 2.53. The number of Topliss-reactive ketones (excluding diaryl/α,β-unsaturated/α-hetero) is 1. The zero-order valence-electron chi connectivity index (χ0n) is 13.0. The van der Waals surface area contributed by atoms with Gasteiger partial charge in [-0.25, -0.2) is 4.79 Å². The third-order valence-electron chi connectivity index (χ3n) is 2.79. The molecule has 122 valence electrons. The normalized spacial score (nSPS) is 10.5. The van der Waals surface area contributed by atoms with E-state index in [-0.39, 0.29) is 12.4 Å². The lowest BCUT2D eigenvalue weighted by atomic mass is 10.1. The molecule has 0 heterocycles. The van der Waals surface area contributed by atoms with Gasteiger partial charge in [0.15, 0.2) is 5.78 Å². The van der Waals surface area contributed by atoms with Crippen LogP contribution < -0.4 is 0 Å². The highest BCUT2D eigenvalue weighted by Crippen LogP contribution is 2.06. The molecule has 0 bridgehead atoms. The summed E-state index contributed by atoms with van der Waals surface area (Å²) in [6.45, 7) is 3.96. The Bertz CT molecular complexity index is 454. The van der Waals surface area contributed by atoms with Crippen LogP contribution in [0.1, 0.15) is 27.6 Å². The maximum Gasteiger partial charge on any atom is 0.338 e. The number of ketones is 1. The molecule has 6 nitrogen and oxygen atoms in total. The molecule has 1 aromatic rings. The van der Waals surface area contributed by atoms with E-state index in [1.807, 2.05) is 0 Å². The molecule has 0 aliphatic carbocycles. The summed E-state index contributed by atoms with van der Waals surface area (Å²) >= 11 is 0. The first-order valence-electron chi connectivity index (χ1n) is 7.07. The van der Waals surface area contributed by atoms with Crippen LogP contribution >= 0.6 is 0 Å². The minimum absolute atomic E-state index is 0.0407. The Morgan fingerprint density at radius 2 is 1.32 bits per heavy atom. The van der Waals surface area contributed by atoms with Crippen molar-refractivity contribution in [2.24, 2.45) is 0 Å². The average molecular weight is 310 g/mol. The van der Waals surface area contributed by atoms with Gasteiger partial charge in [-0.05, 0) is 19.1 Å². The number of rotatable bonds is 11. The highest BCUT2D eigenvalue weighted by atomic mass is 16.6. The van der Waals surface area contributed by atoms with E-state index < -0.39 is 5.97 Å². The fourth-order valence-corrected chi connectivity index (χ4v) is 1.58.